The number of Topliss-reactive ketones (excluding diaryl/α,β-unsaturated/α-hetero) is 1. The number of nitrogens with two attached hydrogens (primary N) is 2. The van der Waals surface area contributed by atoms with Gasteiger partial charge in [0.15, 0.2) is 37.4 Å². The summed E-state index contributed by atoms with van der Waals surface area (Å²) in [6.45, 7) is 0.681. The van der Waals surface area contributed by atoms with Crippen molar-refractivity contribution in [3.63, 3.8) is 0 Å². The molecule has 126 heavy (non-hydrogen) atoms. The number of carbonyl (C=O) groups excluding carboxylic acids is 10. The number of ether oxygens (including phenoxy) is 7. The molecule has 3 atom stereocenters. The summed E-state index contributed by atoms with van der Waals surface area (Å²) in [6.07, 6.45) is 0.278. The third-order valence-corrected chi connectivity index (χ3v) is 15.5. The Hall–Kier alpha value is -17.2. The number of amides is 2. The van der Waals surface area contributed by atoms with Crippen molar-refractivity contribution in [2.45, 2.75) is 103 Å². The first-order chi connectivity index (χ1) is 60.4. The van der Waals surface area contributed by atoms with Crippen LogP contribution in [-0.2, 0) is 116 Å². The fourth-order valence-corrected chi connectivity index (χ4v) is 9.54. The van der Waals surface area contributed by atoms with Crippen LogP contribution in [0.1, 0.15) is 154 Å². The molecular formula is C69H69N19O38. The minimum Gasteiger partial charge on any atom is -0.481 e. The van der Waals surface area contributed by atoms with E-state index in [9.17, 15) is 78.8 Å². The fraction of sp³-hybridized carbons (Fsp3) is 0.304. The average Bonchev–Trinajstić information content (AvgIpc) is 1.71. The number of aliphatic hydroxyl groups excluding tert-OH is 4. The second-order valence-electron chi connectivity index (χ2n) is 24.0. The van der Waals surface area contributed by atoms with Gasteiger partial charge in [-0.05, 0) is 46.4 Å². The number of nitriles is 1. The largest absolute Gasteiger partial charge is 0.481 e. The number of primary amides is 2. The van der Waals surface area contributed by atoms with Crippen molar-refractivity contribution in [3.05, 3.63) is 214 Å². The number of carbonyl (C=O) groups is 11. The number of cyclic esters (lactones) is 2. The molecule has 6 aromatic heterocycles. The molecule has 3 unspecified atom stereocenters. The Labute approximate surface area is 700 Å². The predicted molar refractivity (Wildman–Crippen MR) is 389 cm³/mol. The summed E-state index contributed by atoms with van der Waals surface area (Å²) in [5, 5.41) is 151. The molecule has 2 fully saturated rings. The van der Waals surface area contributed by atoms with Gasteiger partial charge >= 0.3 is 64.8 Å². The zero-order valence-corrected chi connectivity index (χ0v) is 65.2. The Bertz CT molecular complexity index is 5410. The van der Waals surface area contributed by atoms with E-state index in [1.165, 1.54) is 7.11 Å². The Balaban J connectivity index is 0.000000225. The SMILES string of the molecule is C=C1COC(=O)/C1=N/O.COC(=O)c1c(CO)no[n+]1[O-].COC(=O)c1no[n+]([O-])c1CO.COC(=O)c1nonc1CO.N#Cc1c(COC(=O)CC2CC(c3ccccc3)=NO2)no[n+]1[O-].NC(=O)c1c(CO)no[n+]1[O-].NC(=O)c1c(COC(=O)CC2CC(c3ccccc3)=NO2)no[n+]1[O-].O=C(O)CC1CC(c2ccccc2)=NO1.O=C1COC(=O)C1. The van der Waals surface area contributed by atoms with E-state index in [0.29, 0.717) is 24.8 Å². The predicted octanol–water partition coefficient (Wildman–Crippen LogP) is -3.65. The molecule has 2 amide bonds. The van der Waals surface area contributed by atoms with Crippen molar-refractivity contribution in [1.82, 2.24) is 36.1 Å². The summed E-state index contributed by atoms with van der Waals surface area (Å²) < 4.78 is 56.4. The molecule has 2 saturated heterocycles. The molecule has 0 radical (unpaired) electrons. The van der Waals surface area contributed by atoms with E-state index >= 15 is 0 Å². The van der Waals surface area contributed by atoms with Crippen molar-refractivity contribution in [1.29, 1.82) is 5.26 Å². The number of rotatable bonds is 22. The molecule has 14 rings (SSSR count). The normalized spacial score (nSPS) is 14.9. The van der Waals surface area contributed by atoms with Gasteiger partial charge in [0.05, 0.1) is 69.5 Å². The summed E-state index contributed by atoms with van der Waals surface area (Å²) >= 11 is 0. The molecule has 11 heterocycles. The zero-order chi connectivity index (χ0) is 92.5. The van der Waals surface area contributed by atoms with Crippen LogP contribution in [0.25, 0.3) is 0 Å². The lowest BCUT2D eigenvalue weighted by molar-refractivity contribution is -0.809. The number of esters is 7. The third kappa shape index (κ3) is 29.1. The van der Waals surface area contributed by atoms with Crippen LogP contribution < -0.4 is 36.0 Å². The summed E-state index contributed by atoms with van der Waals surface area (Å²) in [4.78, 5) is 134. The molecule has 3 aromatic carbocycles. The maximum Gasteiger partial charge on any atom is 0.389 e. The van der Waals surface area contributed by atoms with E-state index in [2.05, 4.69) is 115 Å². The van der Waals surface area contributed by atoms with Gasteiger partial charge in [0.25, 0.3) is 46.0 Å². The van der Waals surface area contributed by atoms with Crippen LogP contribution in [0, 0.1) is 37.4 Å². The molecule has 668 valence electrons. The molecule has 0 spiro atoms. The number of benzene rings is 3. The van der Waals surface area contributed by atoms with Crippen molar-refractivity contribution in [2.24, 2.45) is 32.1 Å². The first kappa shape index (κ1) is 97.6. The Kier molecular flexibility index (Phi) is 38.3. The van der Waals surface area contributed by atoms with Gasteiger partial charge in [0, 0.05) is 45.5 Å². The summed E-state index contributed by atoms with van der Waals surface area (Å²) in [6, 6.07) is 30.2. The van der Waals surface area contributed by atoms with E-state index in [0.717, 1.165) is 48.0 Å². The van der Waals surface area contributed by atoms with Crippen molar-refractivity contribution in [2.75, 3.05) is 34.5 Å². The lowest BCUT2D eigenvalue weighted by atomic mass is 10.0. The van der Waals surface area contributed by atoms with Crippen LogP contribution in [0.3, 0.4) is 0 Å². The van der Waals surface area contributed by atoms with Crippen LogP contribution in [-0.4, -0.2) is 208 Å². The number of aromatic nitrogens is 12. The van der Waals surface area contributed by atoms with Gasteiger partial charge < -0.3 is 116 Å². The highest BCUT2D eigenvalue weighted by atomic mass is 16.8. The topological polar surface area (TPSA) is 830 Å². The number of oxime groups is 4. The van der Waals surface area contributed by atoms with Gasteiger partial charge in [-0.3, -0.25) is 56.7 Å². The van der Waals surface area contributed by atoms with Gasteiger partial charge in [-0.2, -0.15) is 5.26 Å². The highest BCUT2D eigenvalue weighted by Gasteiger charge is 2.33. The first-order valence-corrected chi connectivity index (χ1v) is 34.9. The summed E-state index contributed by atoms with van der Waals surface area (Å²) in [5.41, 5.74) is 12.5. The van der Waals surface area contributed by atoms with Crippen LogP contribution in [0.5, 0.6) is 0 Å². The van der Waals surface area contributed by atoms with Crippen LogP contribution in [0.2, 0.25) is 0 Å². The molecule has 0 bridgehead atoms. The van der Waals surface area contributed by atoms with E-state index < -0.39 is 122 Å². The number of carboxylic acid groups (broad SMARTS) is 1. The molecular weight excluding hydrogens is 1700 g/mol. The second kappa shape index (κ2) is 49.4. The van der Waals surface area contributed by atoms with Crippen molar-refractivity contribution >= 4 is 88.2 Å². The van der Waals surface area contributed by atoms with Gasteiger partial charge in [0.1, 0.15) is 56.9 Å². The van der Waals surface area contributed by atoms with E-state index in [-0.39, 0.29) is 139 Å². The number of nitrogens with zero attached hydrogens (tertiary/aromatic N) is 17. The highest BCUT2D eigenvalue weighted by molar-refractivity contribution is 6.44. The molecule has 5 aliphatic heterocycles. The van der Waals surface area contributed by atoms with Crippen molar-refractivity contribution in [3.8, 4) is 6.07 Å². The number of hydrogen-bond donors (Lipinski definition) is 8. The number of carboxylic acids is 1. The fourth-order valence-electron chi connectivity index (χ4n) is 9.54. The molecule has 57 heteroatoms. The van der Waals surface area contributed by atoms with Crippen molar-refractivity contribution < 1.29 is 183 Å². The molecule has 57 nitrogen and oxygen atoms in total. The number of hydrogen-bond acceptors (Lipinski definition) is 49. The molecule has 0 aliphatic carbocycles. The van der Waals surface area contributed by atoms with E-state index in [1.807, 2.05) is 91.0 Å². The lowest BCUT2D eigenvalue weighted by Crippen LogP contribution is -2.35. The summed E-state index contributed by atoms with van der Waals surface area (Å²) in [7, 11) is 3.45. The minimum absolute atomic E-state index is 0.000165. The molecule has 0 saturated carbocycles. The quantitative estimate of drug-likeness (QED) is 0.00810. The monoisotopic (exact) mass is 1770 g/mol. The molecule has 5 aliphatic rings. The Morgan fingerprint density at radius 2 is 0.929 bits per heavy atom. The average molecular weight is 1770 g/mol. The minimum atomic E-state index is -1.03. The second-order valence-corrected chi connectivity index (χ2v) is 24.0. The smallest absolute Gasteiger partial charge is 0.389 e. The van der Waals surface area contributed by atoms with Gasteiger partial charge in [-0.25, -0.2) is 23.8 Å². The van der Waals surface area contributed by atoms with Crippen LogP contribution in [0.15, 0.2) is 152 Å². The number of aliphatic hydroxyl groups is 4. The lowest BCUT2D eigenvalue weighted by Gasteiger charge is -2.07. The summed E-state index contributed by atoms with van der Waals surface area (Å²) in [5.74, 6) is -7.52. The van der Waals surface area contributed by atoms with E-state index in [4.69, 9.17) is 71.5 Å². The number of ketones is 1. The first-order valence-electron chi connectivity index (χ1n) is 34.9. The standard InChI is InChI=1S/C15H14N4O6.C15H12N4O5.C11H11NO3.2C5H6N2O5.C5H6N2O4.C5H5NO3.C4H5N3O4.C4H4O3/c16-15(21)14-12(18-25-19(14)22)8-23-13(20)7-10-6-11(17-24-10)9-4-2-1-3-5-9;16-8-14-13(18-24-19(14)21)9-22-15(20)7-11-6-12(17-23-11)10-4-2-1-3-5-10;13-11(14)7-9-6-10(12-15-9)8-4-2-1-3-5-8;1-11-5(9)4-3(2-8)7(10)12-6-4;1-11-5(9)4-3(2-8)6-12-7(4)10;1-10-5(9)4-3(2-8)6-11-7-4;1-3-2-9-5(7)4(3)6-8;5-4(9)3-2(1-8)6-11-7(3)10;5-3-1-4(6)7-2-3/h1-5,10H,6-8H2,(H2,16,21);1-5,11H,6-7,9H2;1-5,9H,6-7H2,(H,13,14);2*8H,2H2,1H3;8H,2H2,1H3;8H,1-2H2;8H,1H2,(H2,5,9);1-2H2/b;;;;;;6-4+;;. The molecule has 9 aromatic rings. The zero-order valence-electron chi connectivity index (χ0n) is 65.2. The van der Waals surface area contributed by atoms with Crippen LogP contribution >= 0.6 is 0 Å². The van der Waals surface area contributed by atoms with Crippen LogP contribution in [0.4, 0.5) is 0 Å². The number of methoxy groups -OCH3 is 3. The van der Waals surface area contributed by atoms with Gasteiger partial charge in [-0.1, -0.05) is 123 Å². The Morgan fingerprint density at radius 3 is 1.30 bits per heavy atom. The van der Waals surface area contributed by atoms with Gasteiger partial charge in [0.2, 0.25) is 11.4 Å². The number of aliphatic carboxylic acids is 1. The third-order valence-electron chi connectivity index (χ3n) is 15.5. The molecule has 10 N–H and O–H groups in total. The van der Waals surface area contributed by atoms with Gasteiger partial charge in [-0.15, -0.1) is 0 Å². The Morgan fingerprint density at radius 1 is 0.516 bits per heavy atom. The maximum absolute atomic E-state index is 11.9. The van der Waals surface area contributed by atoms with E-state index in [1.54, 1.807) is 6.07 Å². The highest BCUT2D eigenvalue weighted by Crippen LogP contribution is 2.23. The maximum atomic E-state index is 11.9.